The highest BCUT2D eigenvalue weighted by Gasteiger charge is 2.45. The average Bonchev–Trinajstić information content (AvgIpc) is 3.37. The molecule has 7 nitrogen and oxygen atoms in total. The fourth-order valence-electron chi connectivity index (χ4n) is 4.09. The summed E-state index contributed by atoms with van der Waals surface area (Å²) in [6.45, 7) is 0. The number of ketones is 1. The van der Waals surface area contributed by atoms with E-state index in [1.54, 1.807) is 54.6 Å². The lowest BCUT2D eigenvalue weighted by Gasteiger charge is -2.27. The van der Waals surface area contributed by atoms with Gasteiger partial charge in [0.1, 0.15) is 17.1 Å². The number of carbonyl (C=O) groups excluding carboxylic acids is 2. The lowest BCUT2D eigenvalue weighted by atomic mass is 9.94. The van der Waals surface area contributed by atoms with Crippen molar-refractivity contribution in [3.05, 3.63) is 99.9 Å². The highest BCUT2D eigenvalue weighted by atomic mass is 79.9. The maximum absolute atomic E-state index is 13.6. The Kier molecular flexibility index (Phi) is 5.37. The Morgan fingerprint density at radius 3 is 2.53 bits per heavy atom. The molecule has 34 heavy (non-hydrogen) atoms. The third-order valence-corrected chi connectivity index (χ3v) is 6.19. The van der Waals surface area contributed by atoms with Crippen molar-refractivity contribution in [3.63, 3.8) is 0 Å². The Morgan fingerprint density at radius 1 is 1.03 bits per heavy atom. The molecule has 0 fully saturated rings. The number of amides is 1. The zero-order valence-corrected chi connectivity index (χ0v) is 19.4. The molecule has 0 saturated carbocycles. The van der Waals surface area contributed by atoms with Crippen LogP contribution in [0.4, 0.5) is 5.69 Å². The van der Waals surface area contributed by atoms with Gasteiger partial charge in [-0.15, -0.1) is 0 Å². The molecule has 1 aromatic heterocycles. The number of aliphatic hydroxyl groups is 1. The molecule has 0 bridgehead atoms. The maximum Gasteiger partial charge on any atom is 0.294 e. The van der Waals surface area contributed by atoms with Gasteiger partial charge in [0, 0.05) is 21.6 Å². The van der Waals surface area contributed by atoms with Crippen LogP contribution in [0.1, 0.15) is 22.2 Å². The summed E-state index contributed by atoms with van der Waals surface area (Å²) < 4.78 is 11.9. The lowest BCUT2D eigenvalue weighted by Crippen LogP contribution is -2.31. The van der Waals surface area contributed by atoms with E-state index in [0.717, 1.165) is 4.47 Å². The van der Waals surface area contributed by atoms with E-state index in [9.17, 15) is 19.8 Å². The van der Waals surface area contributed by atoms with Crippen molar-refractivity contribution in [2.24, 2.45) is 0 Å². The van der Waals surface area contributed by atoms with Crippen LogP contribution in [-0.2, 0) is 4.79 Å². The molecule has 0 aliphatic carbocycles. The Balaban J connectivity index is 1.66. The van der Waals surface area contributed by atoms with Crippen LogP contribution >= 0.6 is 15.9 Å². The number of aromatic hydroxyl groups is 1. The number of rotatable bonds is 5. The zero-order chi connectivity index (χ0) is 24.0. The Morgan fingerprint density at radius 2 is 1.79 bits per heavy atom. The van der Waals surface area contributed by atoms with Crippen LogP contribution < -0.4 is 9.64 Å². The lowest BCUT2D eigenvalue weighted by molar-refractivity contribution is -0.117. The normalized spacial score (nSPS) is 15.9. The second-order valence-electron chi connectivity index (χ2n) is 7.75. The van der Waals surface area contributed by atoms with E-state index in [0.29, 0.717) is 28.0 Å². The van der Waals surface area contributed by atoms with E-state index in [1.165, 1.54) is 24.1 Å². The maximum atomic E-state index is 13.6. The molecular formula is C26H18BrNO6. The molecule has 3 aromatic carbocycles. The predicted molar refractivity (Wildman–Crippen MR) is 129 cm³/mol. The number of nitrogens with zero attached hydrogens (tertiary/aromatic N) is 1. The van der Waals surface area contributed by atoms with Crippen molar-refractivity contribution in [2.75, 3.05) is 12.0 Å². The number of aliphatic hydroxyl groups excluding tert-OH is 1. The molecule has 8 heteroatoms. The van der Waals surface area contributed by atoms with Gasteiger partial charge < -0.3 is 19.4 Å². The van der Waals surface area contributed by atoms with Gasteiger partial charge in [-0.25, -0.2) is 0 Å². The van der Waals surface area contributed by atoms with Crippen LogP contribution in [0.25, 0.3) is 11.0 Å². The van der Waals surface area contributed by atoms with Crippen LogP contribution in [0, 0.1) is 0 Å². The molecule has 4 aromatic rings. The molecule has 0 saturated heterocycles. The predicted octanol–water partition coefficient (Wildman–Crippen LogP) is 5.69. The summed E-state index contributed by atoms with van der Waals surface area (Å²) in [7, 11) is 1.51. The molecule has 0 radical (unpaired) electrons. The minimum atomic E-state index is -0.951. The van der Waals surface area contributed by atoms with Crippen LogP contribution in [0.2, 0.25) is 0 Å². The van der Waals surface area contributed by atoms with Crippen LogP contribution in [0.5, 0.6) is 11.5 Å². The fraction of sp³-hybridized carbons (Fsp3) is 0.0769. The second kappa shape index (κ2) is 8.39. The zero-order valence-electron chi connectivity index (χ0n) is 17.9. The number of furan rings is 1. The first kappa shape index (κ1) is 21.8. The second-order valence-corrected chi connectivity index (χ2v) is 8.67. The number of hydrogen-bond donors (Lipinski definition) is 2. The molecule has 1 aliphatic heterocycles. The SMILES string of the molecule is COc1cccc(N2C(=O)C(O)=C(C(=O)c3cc4cc(Br)ccc4o3)C2c2ccc(O)cc2)c1. The quantitative estimate of drug-likeness (QED) is 0.328. The highest BCUT2D eigenvalue weighted by molar-refractivity contribution is 9.10. The number of benzene rings is 3. The van der Waals surface area contributed by atoms with Gasteiger partial charge in [-0.2, -0.15) is 0 Å². The number of hydrogen-bond acceptors (Lipinski definition) is 6. The number of phenolic OH excluding ortho intramolecular Hbond substituents is 1. The average molecular weight is 520 g/mol. The molecule has 0 spiro atoms. The highest BCUT2D eigenvalue weighted by Crippen LogP contribution is 2.43. The van der Waals surface area contributed by atoms with E-state index in [1.807, 2.05) is 6.07 Å². The first-order valence-corrected chi connectivity index (χ1v) is 11.1. The third kappa shape index (κ3) is 3.62. The number of anilines is 1. The first-order chi connectivity index (χ1) is 16.4. The largest absolute Gasteiger partial charge is 0.508 e. The van der Waals surface area contributed by atoms with E-state index >= 15 is 0 Å². The number of fused-ring (bicyclic) bond motifs is 1. The van der Waals surface area contributed by atoms with Crippen molar-refractivity contribution >= 4 is 44.3 Å². The Labute approximate surface area is 202 Å². The van der Waals surface area contributed by atoms with Crippen LogP contribution in [-0.4, -0.2) is 29.0 Å². The summed E-state index contributed by atoms with van der Waals surface area (Å²) in [4.78, 5) is 28.2. The standard InChI is InChI=1S/C26H18BrNO6/c1-33-19-4-2-3-17(13-19)28-23(14-5-8-18(29)9-6-14)22(25(31)26(28)32)24(30)21-12-15-11-16(27)7-10-20(15)34-21/h2-13,23,29,31H,1H3. The van der Waals surface area contributed by atoms with Crippen molar-refractivity contribution in [3.8, 4) is 11.5 Å². The summed E-state index contributed by atoms with van der Waals surface area (Å²) in [5.41, 5.74) is 1.35. The number of carbonyl (C=O) groups is 2. The number of phenols is 1. The van der Waals surface area contributed by atoms with Crippen molar-refractivity contribution in [2.45, 2.75) is 6.04 Å². The molecule has 2 N–H and O–H groups in total. The molecule has 1 unspecified atom stereocenters. The summed E-state index contributed by atoms with van der Waals surface area (Å²) in [5, 5.41) is 21.4. The van der Waals surface area contributed by atoms with Crippen LogP contribution in [0.3, 0.4) is 0 Å². The molecule has 5 rings (SSSR count). The van der Waals surface area contributed by atoms with Gasteiger partial charge in [0.05, 0.1) is 18.7 Å². The van der Waals surface area contributed by atoms with Gasteiger partial charge in [-0.05, 0) is 54.1 Å². The van der Waals surface area contributed by atoms with Gasteiger partial charge in [0.2, 0.25) is 5.78 Å². The van der Waals surface area contributed by atoms with Crippen LogP contribution in [0.15, 0.2) is 93.0 Å². The van der Waals surface area contributed by atoms with Gasteiger partial charge in [0.15, 0.2) is 11.5 Å². The summed E-state index contributed by atoms with van der Waals surface area (Å²) in [6, 6.07) is 18.8. The molecule has 2 heterocycles. The molecule has 1 amide bonds. The summed E-state index contributed by atoms with van der Waals surface area (Å²) in [6.07, 6.45) is 0. The minimum Gasteiger partial charge on any atom is -0.508 e. The fourth-order valence-corrected chi connectivity index (χ4v) is 4.47. The van der Waals surface area contributed by atoms with E-state index < -0.39 is 23.5 Å². The topological polar surface area (TPSA) is 100 Å². The van der Waals surface area contributed by atoms with E-state index in [-0.39, 0.29) is 17.1 Å². The first-order valence-electron chi connectivity index (χ1n) is 10.3. The van der Waals surface area contributed by atoms with Crippen molar-refractivity contribution in [1.29, 1.82) is 0 Å². The number of Topliss-reactive ketones (excluding diaryl/α,β-unsaturated/α-hetero) is 1. The van der Waals surface area contributed by atoms with Gasteiger partial charge in [-0.1, -0.05) is 34.1 Å². The molecule has 1 atom stereocenters. The van der Waals surface area contributed by atoms with Crippen molar-refractivity contribution in [1.82, 2.24) is 0 Å². The molecular weight excluding hydrogens is 502 g/mol. The van der Waals surface area contributed by atoms with Crippen molar-refractivity contribution < 1.29 is 29.0 Å². The Bertz CT molecular complexity index is 1470. The Hall–Kier alpha value is -4.04. The van der Waals surface area contributed by atoms with E-state index in [4.69, 9.17) is 9.15 Å². The number of halogens is 1. The monoisotopic (exact) mass is 519 g/mol. The smallest absolute Gasteiger partial charge is 0.294 e. The van der Waals surface area contributed by atoms with Gasteiger partial charge in [0.25, 0.3) is 5.91 Å². The van der Waals surface area contributed by atoms with Gasteiger partial charge >= 0.3 is 0 Å². The third-order valence-electron chi connectivity index (χ3n) is 5.70. The van der Waals surface area contributed by atoms with Gasteiger partial charge in [-0.3, -0.25) is 14.5 Å². The summed E-state index contributed by atoms with van der Waals surface area (Å²) in [5.74, 6) is -1.46. The molecule has 170 valence electrons. The van der Waals surface area contributed by atoms with E-state index in [2.05, 4.69) is 15.9 Å². The minimum absolute atomic E-state index is 0.00118. The number of methoxy groups -OCH3 is 1. The summed E-state index contributed by atoms with van der Waals surface area (Å²) >= 11 is 3.40. The number of ether oxygens (including phenoxy) is 1. The molecule has 1 aliphatic rings.